The van der Waals surface area contributed by atoms with Crippen LogP contribution in [0.1, 0.15) is 41.2 Å². The molecule has 4 nitrogen and oxygen atoms in total. The fourth-order valence-electron chi connectivity index (χ4n) is 1.63. The van der Waals surface area contributed by atoms with E-state index in [1.54, 1.807) is 0 Å². The Hall–Kier alpha value is -1.58. The van der Waals surface area contributed by atoms with Crippen molar-refractivity contribution in [3.8, 4) is 0 Å². The van der Waals surface area contributed by atoms with Crippen LogP contribution in [0.2, 0.25) is 0 Å². The van der Waals surface area contributed by atoms with Crippen LogP contribution in [0.15, 0.2) is 12.3 Å². The molecule has 0 unspecified atom stereocenters. The fourth-order valence-corrected chi connectivity index (χ4v) is 1.63. The minimum atomic E-state index is -0.982. The predicted molar refractivity (Wildman–Crippen MR) is 52.2 cm³/mol. The quantitative estimate of drug-likeness (QED) is 0.746. The van der Waals surface area contributed by atoms with Gasteiger partial charge in [-0.25, -0.2) is 4.79 Å². The number of carboxylic acids is 1. The average molecular weight is 192 g/mol. The monoisotopic (exact) mass is 192 g/mol. The molecule has 0 bridgehead atoms. The molecule has 14 heavy (non-hydrogen) atoms. The summed E-state index contributed by atoms with van der Waals surface area (Å²) in [4.78, 5) is 14.7. The van der Waals surface area contributed by atoms with Crippen molar-refractivity contribution in [2.45, 2.75) is 25.2 Å². The highest BCUT2D eigenvalue weighted by Crippen LogP contribution is 2.37. The highest BCUT2D eigenvalue weighted by Gasteiger charge is 2.23. The van der Waals surface area contributed by atoms with Gasteiger partial charge in [0.1, 0.15) is 0 Å². The van der Waals surface area contributed by atoms with Crippen LogP contribution in [0, 0.1) is 0 Å². The second-order valence-electron chi connectivity index (χ2n) is 3.63. The summed E-state index contributed by atoms with van der Waals surface area (Å²) in [7, 11) is 0. The predicted octanol–water partition coefficient (Wildman–Crippen LogP) is 1.63. The maximum absolute atomic E-state index is 10.6. The van der Waals surface area contributed by atoms with Gasteiger partial charge in [-0.1, -0.05) is 6.42 Å². The Balaban J connectivity index is 2.30. The zero-order valence-electron chi connectivity index (χ0n) is 7.73. The first kappa shape index (κ1) is 8.99. The summed E-state index contributed by atoms with van der Waals surface area (Å²) in [5.41, 5.74) is 7.27. The number of nitrogen functional groups attached to an aromatic ring is 1. The van der Waals surface area contributed by atoms with Gasteiger partial charge in [0.15, 0.2) is 0 Å². The van der Waals surface area contributed by atoms with Gasteiger partial charge in [0.2, 0.25) is 0 Å². The van der Waals surface area contributed by atoms with Crippen molar-refractivity contribution in [3.63, 3.8) is 0 Å². The summed E-state index contributed by atoms with van der Waals surface area (Å²) in [5.74, 6) is -0.540. The van der Waals surface area contributed by atoms with Crippen molar-refractivity contribution in [2.24, 2.45) is 0 Å². The van der Waals surface area contributed by atoms with Crippen molar-refractivity contribution in [1.29, 1.82) is 0 Å². The van der Waals surface area contributed by atoms with E-state index >= 15 is 0 Å². The molecule has 1 aromatic heterocycles. The Labute approximate surface area is 81.8 Å². The molecule has 0 aliphatic heterocycles. The van der Waals surface area contributed by atoms with Crippen molar-refractivity contribution < 1.29 is 9.90 Å². The van der Waals surface area contributed by atoms with E-state index in [0.29, 0.717) is 11.6 Å². The van der Waals surface area contributed by atoms with E-state index in [2.05, 4.69) is 4.98 Å². The Kier molecular flexibility index (Phi) is 2.11. The molecule has 3 N–H and O–H groups in total. The number of carbonyl (C=O) groups is 1. The molecule has 0 atom stereocenters. The second-order valence-corrected chi connectivity index (χ2v) is 3.63. The molecule has 74 valence electrons. The van der Waals surface area contributed by atoms with Crippen LogP contribution in [0.4, 0.5) is 5.69 Å². The van der Waals surface area contributed by atoms with E-state index in [0.717, 1.165) is 18.5 Å². The van der Waals surface area contributed by atoms with Crippen LogP contribution in [-0.4, -0.2) is 16.1 Å². The lowest BCUT2D eigenvalue weighted by molar-refractivity contribution is 0.0696. The van der Waals surface area contributed by atoms with E-state index in [1.807, 2.05) is 0 Å². The van der Waals surface area contributed by atoms with Gasteiger partial charge in [-0.3, -0.25) is 4.98 Å². The van der Waals surface area contributed by atoms with Crippen molar-refractivity contribution in [2.75, 3.05) is 5.73 Å². The Bertz CT molecular complexity index is 372. The van der Waals surface area contributed by atoms with Crippen molar-refractivity contribution in [1.82, 2.24) is 4.98 Å². The van der Waals surface area contributed by atoms with Crippen molar-refractivity contribution in [3.05, 3.63) is 23.5 Å². The molecular weight excluding hydrogens is 180 g/mol. The van der Waals surface area contributed by atoms with Gasteiger partial charge in [-0.05, 0) is 18.9 Å². The minimum absolute atomic E-state index is 0.158. The SMILES string of the molecule is Nc1cc(C(=O)O)cnc1C1CCC1. The summed E-state index contributed by atoms with van der Waals surface area (Å²) >= 11 is 0. The van der Waals surface area contributed by atoms with Crippen molar-refractivity contribution >= 4 is 11.7 Å². The standard InChI is InChI=1S/C10H12N2O2/c11-8-4-7(10(13)14)5-12-9(8)6-2-1-3-6/h4-6H,1-3,11H2,(H,13,14). The fraction of sp³-hybridized carbons (Fsp3) is 0.400. The van der Waals surface area contributed by atoms with E-state index in [-0.39, 0.29) is 5.56 Å². The number of nitrogens with zero attached hydrogens (tertiary/aromatic N) is 1. The Morgan fingerprint density at radius 2 is 2.29 bits per heavy atom. The number of pyridine rings is 1. The number of aromatic nitrogens is 1. The number of carboxylic acid groups (broad SMARTS) is 1. The first-order chi connectivity index (χ1) is 6.68. The van der Waals surface area contributed by atoms with Crippen LogP contribution in [0.5, 0.6) is 0 Å². The normalized spacial score (nSPS) is 16.3. The smallest absolute Gasteiger partial charge is 0.337 e. The maximum Gasteiger partial charge on any atom is 0.337 e. The summed E-state index contributed by atoms with van der Waals surface area (Å²) < 4.78 is 0. The molecule has 1 aliphatic rings. The lowest BCUT2D eigenvalue weighted by atomic mass is 9.82. The zero-order valence-corrected chi connectivity index (χ0v) is 7.73. The van der Waals surface area contributed by atoms with Gasteiger partial charge in [0.25, 0.3) is 0 Å². The highest BCUT2D eigenvalue weighted by molar-refractivity contribution is 5.88. The number of rotatable bonds is 2. The summed E-state index contributed by atoms with van der Waals surface area (Å²) in [6.07, 6.45) is 4.83. The van der Waals surface area contributed by atoms with Gasteiger partial charge < -0.3 is 10.8 Å². The highest BCUT2D eigenvalue weighted by atomic mass is 16.4. The largest absolute Gasteiger partial charge is 0.478 e. The van der Waals surface area contributed by atoms with E-state index in [4.69, 9.17) is 10.8 Å². The van der Waals surface area contributed by atoms with Gasteiger partial charge in [0.05, 0.1) is 16.9 Å². The number of hydrogen-bond acceptors (Lipinski definition) is 3. The first-order valence-electron chi connectivity index (χ1n) is 4.67. The van der Waals surface area contributed by atoms with Crippen LogP contribution >= 0.6 is 0 Å². The minimum Gasteiger partial charge on any atom is -0.478 e. The van der Waals surface area contributed by atoms with Gasteiger partial charge in [-0.2, -0.15) is 0 Å². The third-order valence-electron chi connectivity index (χ3n) is 2.69. The van der Waals surface area contributed by atoms with Gasteiger partial charge >= 0.3 is 5.97 Å². The topological polar surface area (TPSA) is 76.2 Å². The molecule has 1 heterocycles. The van der Waals surface area contributed by atoms with Crippen LogP contribution in [0.3, 0.4) is 0 Å². The molecule has 1 aliphatic carbocycles. The Morgan fingerprint density at radius 3 is 2.71 bits per heavy atom. The Morgan fingerprint density at radius 1 is 1.57 bits per heavy atom. The van der Waals surface area contributed by atoms with Gasteiger partial charge in [0, 0.05) is 12.1 Å². The van der Waals surface area contributed by atoms with Crippen LogP contribution in [-0.2, 0) is 0 Å². The number of anilines is 1. The molecule has 1 fully saturated rings. The number of hydrogen-bond donors (Lipinski definition) is 2. The summed E-state index contributed by atoms with van der Waals surface area (Å²) in [5, 5.41) is 8.71. The molecule has 0 radical (unpaired) electrons. The average Bonchev–Trinajstić information content (AvgIpc) is 2.04. The zero-order chi connectivity index (χ0) is 10.1. The molecule has 4 heteroatoms. The molecule has 0 aromatic carbocycles. The van der Waals surface area contributed by atoms with E-state index < -0.39 is 5.97 Å². The number of nitrogens with two attached hydrogens (primary N) is 1. The maximum atomic E-state index is 10.6. The molecule has 1 aromatic rings. The molecule has 1 saturated carbocycles. The lowest BCUT2D eigenvalue weighted by Gasteiger charge is -2.25. The number of aromatic carboxylic acids is 1. The van der Waals surface area contributed by atoms with Gasteiger partial charge in [-0.15, -0.1) is 0 Å². The molecule has 0 amide bonds. The second kappa shape index (κ2) is 3.29. The lowest BCUT2D eigenvalue weighted by Crippen LogP contribution is -2.14. The molecular formula is C10H12N2O2. The molecule has 2 rings (SSSR count). The first-order valence-corrected chi connectivity index (χ1v) is 4.67. The third kappa shape index (κ3) is 1.43. The molecule has 0 spiro atoms. The van der Waals surface area contributed by atoms with Crippen LogP contribution in [0.25, 0.3) is 0 Å². The summed E-state index contributed by atoms with van der Waals surface area (Å²) in [6, 6.07) is 1.49. The van der Waals surface area contributed by atoms with E-state index in [9.17, 15) is 4.79 Å². The third-order valence-corrected chi connectivity index (χ3v) is 2.69. The van der Waals surface area contributed by atoms with E-state index in [1.165, 1.54) is 18.7 Å². The molecule has 0 saturated heterocycles. The van der Waals surface area contributed by atoms with Crippen LogP contribution < -0.4 is 5.73 Å². The summed E-state index contributed by atoms with van der Waals surface area (Å²) in [6.45, 7) is 0.